The van der Waals surface area contributed by atoms with Crippen LogP contribution in [0.5, 0.6) is 0 Å². The van der Waals surface area contributed by atoms with Gasteiger partial charge in [0, 0.05) is 30.4 Å². The molecule has 1 aliphatic heterocycles. The van der Waals surface area contributed by atoms with E-state index in [-0.39, 0.29) is 0 Å². The van der Waals surface area contributed by atoms with E-state index in [1.165, 1.54) is 11.3 Å². The number of halogens is 1. The maximum atomic E-state index is 12.6. The largest absolute Gasteiger partial charge is 0.309 e. The van der Waals surface area contributed by atoms with Crippen molar-refractivity contribution in [3.05, 3.63) is 17.0 Å². The van der Waals surface area contributed by atoms with Gasteiger partial charge in [0.25, 0.3) is 10.0 Å². The highest BCUT2D eigenvalue weighted by Crippen LogP contribution is 2.28. The van der Waals surface area contributed by atoms with Gasteiger partial charge in [-0.15, -0.1) is 22.9 Å². The molecule has 1 fully saturated rings. The van der Waals surface area contributed by atoms with E-state index in [4.69, 9.17) is 11.6 Å². The summed E-state index contributed by atoms with van der Waals surface area (Å²) in [7, 11) is 0.809. The maximum Gasteiger partial charge on any atom is 0.252 e. The average Bonchev–Trinajstić information content (AvgIpc) is 2.88. The lowest BCUT2D eigenvalue weighted by Gasteiger charge is -2.32. The van der Waals surface area contributed by atoms with Crippen LogP contribution in [-0.4, -0.2) is 57.2 Å². The molecule has 0 bridgehead atoms. The highest BCUT2D eigenvalue weighted by molar-refractivity contribution is 7.91. The number of thiophene rings is 1. The fourth-order valence-electron chi connectivity index (χ4n) is 2.70. The molecule has 120 valence electrons. The molecule has 0 radical (unpaired) electrons. The van der Waals surface area contributed by atoms with Crippen LogP contribution in [0.4, 0.5) is 0 Å². The first-order chi connectivity index (χ1) is 9.93. The van der Waals surface area contributed by atoms with Gasteiger partial charge < -0.3 is 4.90 Å². The Morgan fingerprint density at radius 2 is 2.00 bits per heavy atom. The number of piperidine rings is 1. The molecule has 1 saturated heterocycles. The summed E-state index contributed by atoms with van der Waals surface area (Å²) >= 11 is 7.06. The lowest BCUT2D eigenvalue weighted by molar-refractivity contribution is 0.225. The normalized spacial score (nSPS) is 18.5. The standard InChI is InChI=1S/C14H23ClN2O2S2/c1-16(2)11-12-6-9-17(10-7-12)21(18,19)14-4-3-13(20-14)5-8-15/h3-4,12H,5-11H2,1-2H3. The first-order valence-corrected chi connectivity index (χ1v) is 10.0. The third-order valence-corrected chi connectivity index (χ3v) is 7.47. The molecule has 0 spiro atoms. The lowest BCUT2D eigenvalue weighted by Crippen LogP contribution is -2.40. The Morgan fingerprint density at radius 1 is 1.33 bits per heavy atom. The predicted octanol–water partition coefficient (Wildman–Crippen LogP) is 2.49. The van der Waals surface area contributed by atoms with Gasteiger partial charge in [0.2, 0.25) is 0 Å². The van der Waals surface area contributed by atoms with Crippen LogP contribution in [-0.2, 0) is 16.4 Å². The van der Waals surface area contributed by atoms with Gasteiger partial charge >= 0.3 is 0 Å². The Bertz CT molecular complexity index is 549. The molecule has 2 heterocycles. The topological polar surface area (TPSA) is 40.6 Å². The van der Waals surface area contributed by atoms with Crippen LogP contribution in [0.2, 0.25) is 0 Å². The molecule has 4 nitrogen and oxygen atoms in total. The first-order valence-electron chi connectivity index (χ1n) is 7.23. The van der Waals surface area contributed by atoms with Crippen molar-refractivity contribution in [3.63, 3.8) is 0 Å². The molecule has 0 saturated carbocycles. The third kappa shape index (κ3) is 4.42. The van der Waals surface area contributed by atoms with E-state index in [0.29, 0.717) is 29.1 Å². The van der Waals surface area contributed by atoms with E-state index in [0.717, 1.165) is 30.7 Å². The minimum Gasteiger partial charge on any atom is -0.309 e. The molecule has 1 aliphatic rings. The van der Waals surface area contributed by atoms with Gasteiger partial charge in [-0.25, -0.2) is 8.42 Å². The Hall–Kier alpha value is -0.140. The molecule has 0 aromatic carbocycles. The molecular weight excluding hydrogens is 328 g/mol. The van der Waals surface area contributed by atoms with E-state index in [9.17, 15) is 8.42 Å². The smallest absolute Gasteiger partial charge is 0.252 e. The molecule has 1 aromatic rings. The average molecular weight is 351 g/mol. The molecule has 21 heavy (non-hydrogen) atoms. The highest BCUT2D eigenvalue weighted by Gasteiger charge is 2.30. The van der Waals surface area contributed by atoms with Crippen molar-refractivity contribution in [2.45, 2.75) is 23.5 Å². The Kier molecular flexibility index (Phi) is 6.08. The second kappa shape index (κ2) is 7.42. The van der Waals surface area contributed by atoms with E-state index >= 15 is 0 Å². The summed E-state index contributed by atoms with van der Waals surface area (Å²) in [6, 6.07) is 3.59. The van der Waals surface area contributed by atoms with E-state index in [1.807, 2.05) is 6.07 Å². The Morgan fingerprint density at radius 3 is 2.57 bits per heavy atom. The van der Waals surface area contributed by atoms with Crippen LogP contribution in [0.15, 0.2) is 16.3 Å². The maximum absolute atomic E-state index is 12.6. The van der Waals surface area contributed by atoms with Gasteiger partial charge in [0.05, 0.1) is 0 Å². The summed E-state index contributed by atoms with van der Waals surface area (Å²) < 4.78 is 27.3. The van der Waals surface area contributed by atoms with Crippen molar-refractivity contribution >= 4 is 33.0 Å². The van der Waals surface area contributed by atoms with Gasteiger partial charge in [-0.1, -0.05) is 0 Å². The van der Waals surface area contributed by atoms with E-state index in [2.05, 4.69) is 19.0 Å². The molecule has 0 aliphatic carbocycles. The predicted molar refractivity (Wildman–Crippen MR) is 88.8 cm³/mol. The van der Waals surface area contributed by atoms with Gasteiger partial charge in [-0.2, -0.15) is 4.31 Å². The second-order valence-corrected chi connectivity index (χ2v) is 9.48. The fraction of sp³-hybridized carbons (Fsp3) is 0.714. The molecule has 0 unspecified atom stereocenters. The highest BCUT2D eigenvalue weighted by atomic mass is 35.5. The van der Waals surface area contributed by atoms with Crippen LogP contribution >= 0.6 is 22.9 Å². The minimum atomic E-state index is -3.32. The number of rotatable bonds is 6. The van der Waals surface area contributed by atoms with Gasteiger partial charge in [0.1, 0.15) is 4.21 Å². The van der Waals surface area contributed by atoms with Crippen LogP contribution in [0.25, 0.3) is 0 Å². The summed E-state index contributed by atoms with van der Waals surface area (Å²) in [5.41, 5.74) is 0. The molecular formula is C14H23ClN2O2S2. The van der Waals surface area contributed by atoms with Crippen LogP contribution in [0, 0.1) is 5.92 Å². The monoisotopic (exact) mass is 350 g/mol. The fourth-order valence-corrected chi connectivity index (χ4v) is 6.00. The van der Waals surface area contributed by atoms with Gasteiger partial charge in [0.15, 0.2) is 0 Å². The van der Waals surface area contributed by atoms with Crippen LogP contribution in [0.3, 0.4) is 0 Å². The Balaban J connectivity index is 2.00. The molecule has 2 rings (SSSR count). The molecule has 0 atom stereocenters. The molecule has 7 heteroatoms. The number of sulfonamides is 1. The van der Waals surface area contributed by atoms with Gasteiger partial charge in [-0.05, 0) is 51.4 Å². The van der Waals surface area contributed by atoms with Crippen molar-refractivity contribution in [2.24, 2.45) is 5.92 Å². The van der Waals surface area contributed by atoms with Crippen molar-refractivity contribution < 1.29 is 8.42 Å². The molecule has 0 amide bonds. The Labute approximate surface area is 136 Å². The molecule has 1 aromatic heterocycles. The van der Waals surface area contributed by atoms with Crippen LogP contribution in [0.1, 0.15) is 17.7 Å². The molecule has 0 N–H and O–H groups in total. The van der Waals surface area contributed by atoms with Crippen LogP contribution < -0.4 is 0 Å². The summed E-state index contributed by atoms with van der Waals surface area (Å²) in [5, 5.41) is 0. The van der Waals surface area contributed by atoms with Crippen molar-refractivity contribution in [1.82, 2.24) is 9.21 Å². The van der Waals surface area contributed by atoms with E-state index in [1.54, 1.807) is 10.4 Å². The van der Waals surface area contributed by atoms with E-state index < -0.39 is 10.0 Å². The number of hydrogen-bond donors (Lipinski definition) is 0. The summed E-state index contributed by atoms with van der Waals surface area (Å²) in [5.74, 6) is 1.12. The summed E-state index contributed by atoms with van der Waals surface area (Å²) in [6.45, 7) is 2.29. The minimum absolute atomic E-state index is 0.452. The SMILES string of the molecule is CN(C)CC1CCN(S(=O)(=O)c2ccc(CCCl)s2)CC1. The van der Waals surface area contributed by atoms with Crippen molar-refractivity contribution in [3.8, 4) is 0 Å². The number of nitrogens with zero attached hydrogens (tertiary/aromatic N) is 2. The number of hydrogen-bond acceptors (Lipinski definition) is 4. The lowest BCUT2D eigenvalue weighted by atomic mass is 9.98. The zero-order chi connectivity index (χ0) is 15.5. The summed E-state index contributed by atoms with van der Waals surface area (Å²) in [6.07, 6.45) is 2.61. The van der Waals surface area contributed by atoms with Crippen molar-refractivity contribution in [2.75, 3.05) is 39.6 Å². The zero-order valence-electron chi connectivity index (χ0n) is 12.6. The zero-order valence-corrected chi connectivity index (χ0v) is 15.0. The summed E-state index contributed by atoms with van der Waals surface area (Å²) in [4.78, 5) is 3.21. The number of aryl methyl sites for hydroxylation is 1. The second-order valence-electron chi connectivity index (χ2n) is 5.77. The van der Waals surface area contributed by atoms with Gasteiger partial charge in [-0.3, -0.25) is 0 Å². The first kappa shape index (κ1) is 17.2. The number of alkyl halides is 1. The van der Waals surface area contributed by atoms with Crippen molar-refractivity contribution in [1.29, 1.82) is 0 Å². The quantitative estimate of drug-likeness (QED) is 0.740. The third-order valence-electron chi connectivity index (χ3n) is 3.77.